The molecule has 0 saturated carbocycles. The molecule has 0 radical (unpaired) electrons. The average Bonchev–Trinajstić information content (AvgIpc) is 2.73. The van der Waals surface area contributed by atoms with Gasteiger partial charge in [-0.1, -0.05) is 48.0 Å². The van der Waals surface area contributed by atoms with E-state index in [9.17, 15) is 9.90 Å². The number of rotatable bonds is 5. The number of amides is 1. The molecule has 0 spiro atoms. The van der Waals surface area contributed by atoms with Crippen molar-refractivity contribution >= 4 is 11.6 Å². The molecule has 29 heavy (non-hydrogen) atoms. The molecule has 0 bridgehead atoms. The molecule has 1 atom stereocenters. The molecular formula is C24H24N2O3. The van der Waals surface area contributed by atoms with E-state index < -0.39 is 0 Å². The lowest BCUT2D eigenvalue weighted by Crippen LogP contribution is -2.42. The molecule has 4 rings (SSSR count). The number of phenols is 1. The Morgan fingerprint density at radius 1 is 1.07 bits per heavy atom. The molecule has 1 amide bonds. The van der Waals surface area contributed by atoms with Crippen molar-refractivity contribution in [2.75, 3.05) is 11.9 Å². The first-order chi connectivity index (χ1) is 14.1. The van der Waals surface area contributed by atoms with Crippen LogP contribution in [0.4, 0.5) is 5.69 Å². The van der Waals surface area contributed by atoms with E-state index in [1.54, 1.807) is 12.1 Å². The number of aromatic hydroxyl groups is 1. The topological polar surface area (TPSA) is 61.8 Å². The Balaban J connectivity index is 1.75. The zero-order chi connectivity index (χ0) is 20.4. The number of phenolic OH excluding ortho intramolecular Hbond substituents is 1. The largest absolute Gasteiger partial charge is 0.504 e. The summed E-state index contributed by atoms with van der Waals surface area (Å²) < 4.78 is 5.55. The van der Waals surface area contributed by atoms with Gasteiger partial charge in [-0.15, -0.1) is 0 Å². The molecule has 1 aliphatic rings. The zero-order valence-electron chi connectivity index (χ0n) is 16.6. The summed E-state index contributed by atoms with van der Waals surface area (Å²) in [6.07, 6.45) is -0.376. The highest BCUT2D eigenvalue weighted by Crippen LogP contribution is 2.37. The Morgan fingerprint density at radius 3 is 2.59 bits per heavy atom. The third-order valence-corrected chi connectivity index (χ3v) is 5.10. The number of carbonyl (C=O) groups excluding carboxylic acids is 1. The number of para-hydroxylation sites is 1. The second kappa shape index (κ2) is 7.87. The van der Waals surface area contributed by atoms with Crippen molar-refractivity contribution < 1.29 is 14.6 Å². The third kappa shape index (κ3) is 3.76. The number of aryl methyl sites for hydroxylation is 1. The molecule has 0 aromatic heterocycles. The van der Waals surface area contributed by atoms with Crippen LogP contribution in [0.3, 0.4) is 0 Å². The summed E-state index contributed by atoms with van der Waals surface area (Å²) in [7, 11) is 0. The average molecular weight is 388 g/mol. The molecule has 0 saturated heterocycles. The van der Waals surface area contributed by atoms with E-state index in [0.29, 0.717) is 24.5 Å². The number of carbonyl (C=O) groups is 1. The Labute approximate surface area is 170 Å². The van der Waals surface area contributed by atoms with Gasteiger partial charge in [0.1, 0.15) is 6.17 Å². The van der Waals surface area contributed by atoms with Crippen LogP contribution in [-0.4, -0.2) is 22.5 Å². The van der Waals surface area contributed by atoms with Crippen LogP contribution in [0.1, 0.15) is 40.1 Å². The van der Waals surface area contributed by atoms with Crippen LogP contribution in [0, 0.1) is 6.92 Å². The number of hydrogen-bond donors (Lipinski definition) is 2. The number of nitrogens with zero attached hydrogens (tertiary/aromatic N) is 1. The SMILES string of the molecule is CCOc1cc([C@@H]2Nc3ccccc3C(=O)N2Cc2ccc(C)cc2)ccc1O. The standard InChI is InChI=1S/C24H24N2O3/c1-3-29-22-14-18(12-13-21(22)27)23-25-20-7-5-4-6-19(20)24(28)26(23)15-17-10-8-16(2)9-11-17/h4-14,23,25,27H,3,15H2,1-2H3/t23-/m1/s1. The Kier molecular flexibility index (Phi) is 5.12. The molecule has 5 heteroatoms. The van der Waals surface area contributed by atoms with E-state index in [1.165, 1.54) is 5.56 Å². The van der Waals surface area contributed by atoms with Crippen molar-refractivity contribution in [3.8, 4) is 11.5 Å². The van der Waals surface area contributed by atoms with Gasteiger partial charge in [0.05, 0.1) is 12.2 Å². The van der Waals surface area contributed by atoms with Gasteiger partial charge in [0.2, 0.25) is 0 Å². The van der Waals surface area contributed by atoms with E-state index in [0.717, 1.165) is 16.8 Å². The number of benzene rings is 3. The Hall–Kier alpha value is -3.47. The number of nitrogens with one attached hydrogen (secondary N) is 1. The molecule has 5 nitrogen and oxygen atoms in total. The predicted octanol–water partition coefficient (Wildman–Crippen LogP) is 4.87. The quantitative estimate of drug-likeness (QED) is 0.655. The highest BCUT2D eigenvalue weighted by atomic mass is 16.5. The van der Waals surface area contributed by atoms with Gasteiger partial charge >= 0.3 is 0 Å². The van der Waals surface area contributed by atoms with E-state index in [4.69, 9.17) is 4.74 Å². The summed E-state index contributed by atoms with van der Waals surface area (Å²) in [6, 6.07) is 20.9. The molecular weight excluding hydrogens is 364 g/mol. The van der Waals surface area contributed by atoms with Crippen molar-refractivity contribution in [1.82, 2.24) is 4.90 Å². The highest BCUT2D eigenvalue weighted by molar-refractivity contribution is 6.01. The lowest BCUT2D eigenvalue weighted by atomic mass is 10.0. The van der Waals surface area contributed by atoms with Crippen LogP contribution in [-0.2, 0) is 6.54 Å². The lowest BCUT2D eigenvalue weighted by molar-refractivity contribution is 0.0666. The predicted molar refractivity (Wildman–Crippen MR) is 113 cm³/mol. The third-order valence-electron chi connectivity index (χ3n) is 5.10. The molecule has 148 valence electrons. The maximum absolute atomic E-state index is 13.4. The highest BCUT2D eigenvalue weighted by Gasteiger charge is 2.33. The van der Waals surface area contributed by atoms with Crippen molar-refractivity contribution in [2.45, 2.75) is 26.6 Å². The normalized spacial score (nSPS) is 15.6. The summed E-state index contributed by atoms with van der Waals surface area (Å²) in [5, 5.41) is 13.6. The molecule has 0 unspecified atom stereocenters. The summed E-state index contributed by atoms with van der Waals surface area (Å²) in [5.41, 5.74) is 4.53. The Bertz CT molecular complexity index is 1030. The van der Waals surface area contributed by atoms with Crippen molar-refractivity contribution in [3.05, 3.63) is 89.0 Å². The number of fused-ring (bicyclic) bond motifs is 1. The lowest BCUT2D eigenvalue weighted by Gasteiger charge is -2.38. The summed E-state index contributed by atoms with van der Waals surface area (Å²) in [6.45, 7) is 4.83. The van der Waals surface area contributed by atoms with Gasteiger partial charge in [-0.3, -0.25) is 4.79 Å². The molecule has 0 fully saturated rings. The van der Waals surface area contributed by atoms with E-state index in [1.807, 2.05) is 73.3 Å². The molecule has 1 aliphatic heterocycles. The second-order valence-electron chi connectivity index (χ2n) is 7.17. The maximum atomic E-state index is 13.4. The van der Waals surface area contributed by atoms with Crippen LogP contribution < -0.4 is 10.1 Å². The number of anilines is 1. The molecule has 3 aromatic rings. The van der Waals surface area contributed by atoms with Crippen molar-refractivity contribution in [2.24, 2.45) is 0 Å². The monoisotopic (exact) mass is 388 g/mol. The first kappa shape index (κ1) is 18.9. The summed E-state index contributed by atoms with van der Waals surface area (Å²) in [4.78, 5) is 15.2. The van der Waals surface area contributed by atoms with Gasteiger partial charge in [-0.2, -0.15) is 0 Å². The smallest absolute Gasteiger partial charge is 0.258 e. The summed E-state index contributed by atoms with van der Waals surface area (Å²) in [5.74, 6) is 0.465. The molecule has 3 aromatic carbocycles. The van der Waals surface area contributed by atoms with Gasteiger partial charge in [-0.05, 0) is 49.2 Å². The fraction of sp³-hybridized carbons (Fsp3) is 0.208. The molecule has 2 N–H and O–H groups in total. The maximum Gasteiger partial charge on any atom is 0.258 e. The minimum Gasteiger partial charge on any atom is -0.504 e. The van der Waals surface area contributed by atoms with Gasteiger partial charge < -0.3 is 20.1 Å². The first-order valence-corrected chi connectivity index (χ1v) is 9.74. The van der Waals surface area contributed by atoms with Crippen LogP contribution >= 0.6 is 0 Å². The van der Waals surface area contributed by atoms with Crippen molar-refractivity contribution in [3.63, 3.8) is 0 Å². The number of hydrogen-bond acceptors (Lipinski definition) is 4. The fourth-order valence-corrected chi connectivity index (χ4v) is 3.58. The number of ether oxygens (including phenoxy) is 1. The van der Waals surface area contributed by atoms with E-state index >= 15 is 0 Å². The first-order valence-electron chi connectivity index (χ1n) is 9.74. The van der Waals surface area contributed by atoms with Crippen LogP contribution in [0.25, 0.3) is 0 Å². The van der Waals surface area contributed by atoms with Gasteiger partial charge in [0.25, 0.3) is 5.91 Å². The van der Waals surface area contributed by atoms with Gasteiger partial charge in [0, 0.05) is 12.2 Å². The zero-order valence-corrected chi connectivity index (χ0v) is 16.6. The van der Waals surface area contributed by atoms with Crippen LogP contribution in [0.5, 0.6) is 11.5 Å². The van der Waals surface area contributed by atoms with Gasteiger partial charge in [-0.25, -0.2) is 0 Å². The fourth-order valence-electron chi connectivity index (χ4n) is 3.58. The molecule has 0 aliphatic carbocycles. The van der Waals surface area contributed by atoms with Crippen LogP contribution in [0.2, 0.25) is 0 Å². The van der Waals surface area contributed by atoms with Gasteiger partial charge in [0.15, 0.2) is 11.5 Å². The summed E-state index contributed by atoms with van der Waals surface area (Å²) >= 11 is 0. The Morgan fingerprint density at radius 2 is 1.83 bits per heavy atom. The molecule has 1 heterocycles. The van der Waals surface area contributed by atoms with E-state index in [2.05, 4.69) is 5.32 Å². The van der Waals surface area contributed by atoms with E-state index in [-0.39, 0.29) is 17.8 Å². The van der Waals surface area contributed by atoms with Crippen molar-refractivity contribution in [1.29, 1.82) is 0 Å². The minimum atomic E-state index is -0.376. The second-order valence-corrected chi connectivity index (χ2v) is 7.17. The minimum absolute atomic E-state index is 0.0315. The van der Waals surface area contributed by atoms with Crippen LogP contribution in [0.15, 0.2) is 66.7 Å².